The van der Waals surface area contributed by atoms with Crippen LogP contribution in [0.25, 0.3) is 0 Å². The van der Waals surface area contributed by atoms with Crippen LogP contribution in [0.1, 0.15) is 45.1 Å². The van der Waals surface area contributed by atoms with Crippen LogP contribution >= 0.6 is 11.8 Å². The van der Waals surface area contributed by atoms with Crippen molar-refractivity contribution in [2.45, 2.75) is 51.3 Å². The second-order valence-electron chi connectivity index (χ2n) is 8.65. The van der Waals surface area contributed by atoms with Gasteiger partial charge in [-0.2, -0.15) is 0 Å². The van der Waals surface area contributed by atoms with Gasteiger partial charge in [0, 0.05) is 49.2 Å². The maximum atomic E-state index is 9.51. The fourth-order valence-electron chi connectivity index (χ4n) is 4.70. The van der Waals surface area contributed by atoms with Crippen molar-refractivity contribution >= 4 is 16.8 Å². The molecule has 2 aliphatic heterocycles. The second-order valence-corrected chi connectivity index (χ2v) is 10.0. The van der Waals surface area contributed by atoms with Crippen LogP contribution in [0.3, 0.4) is 0 Å². The van der Waals surface area contributed by atoms with Crippen molar-refractivity contribution in [1.82, 2.24) is 9.80 Å². The van der Waals surface area contributed by atoms with E-state index in [0.29, 0.717) is 22.8 Å². The minimum Gasteiger partial charge on any atom is -0.508 e. The molecule has 2 N–H and O–H groups in total. The molecule has 2 saturated heterocycles. The third-order valence-corrected chi connectivity index (χ3v) is 7.98. The molecular formula is C23H33N3OS. The molecule has 1 saturated carbocycles. The lowest BCUT2D eigenvalue weighted by Crippen LogP contribution is -2.36. The zero-order valence-electron chi connectivity index (χ0n) is 17.2. The minimum absolute atomic E-state index is 0.336. The third-order valence-electron chi connectivity index (χ3n) is 6.75. The lowest BCUT2D eigenvalue weighted by Gasteiger charge is -2.38. The molecule has 2 unspecified atom stereocenters. The Bertz CT molecular complexity index is 741. The zero-order valence-corrected chi connectivity index (χ0v) is 18.0. The number of phenols is 1. The number of nitrogens with zero attached hydrogens (tertiary/aromatic N) is 2. The zero-order chi connectivity index (χ0) is 19.7. The van der Waals surface area contributed by atoms with E-state index in [1.807, 2.05) is 12.1 Å². The first-order valence-corrected chi connectivity index (χ1v) is 11.7. The van der Waals surface area contributed by atoms with Crippen LogP contribution in [0.5, 0.6) is 5.75 Å². The quantitative estimate of drug-likeness (QED) is 0.770. The molecule has 1 aromatic rings. The average Bonchev–Trinajstić information content (AvgIpc) is 2.78. The summed E-state index contributed by atoms with van der Waals surface area (Å²) in [5, 5.41) is 19.5. The monoisotopic (exact) mass is 399 g/mol. The number of rotatable bonds is 4. The molecule has 2 heterocycles. The topological polar surface area (TPSA) is 50.6 Å². The van der Waals surface area contributed by atoms with Gasteiger partial charge in [0.25, 0.3) is 0 Å². The Morgan fingerprint density at radius 3 is 2.43 bits per heavy atom. The Morgan fingerprint density at radius 2 is 1.82 bits per heavy atom. The van der Waals surface area contributed by atoms with E-state index in [-0.39, 0.29) is 0 Å². The predicted octanol–water partition coefficient (Wildman–Crippen LogP) is 4.70. The number of phenolic OH excluding ortho intramolecular Hbond substituents is 1. The SMILES string of the molecule is CC1SC(=N)/C(=C(\C2CCC2)N2CCCN(Cc3ccc(O)cc3)CC2)C1C. The lowest BCUT2D eigenvalue weighted by atomic mass is 9.78. The summed E-state index contributed by atoms with van der Waals surface area (Å²) in [5.74, 6) is 1.50. The highest BCUT2D eigenvalue weighted by molar-refractivity contribution is 8.15. The smallest absolute Gasteiger partial charge is 0.115 e. The van der Waals surface area contributed by atoms with Crippen LogP contribution in [0.4, 0.5) is 0 Å². The van der Waals surface area contributed by atoms with Crippen molar-refractivity contribution in [2.75, 3.05) is 26.2 Å². The van der Waals surface area contributed by atoms with Gasteiger partial charge in [0.1, 0.15) is 5.75 Å². The number of aromatic hydroxyl groups is 1. The standard InChI is InChI=1S/C23H33N3OS/c1-16-17(2)28-23(24)21(16)22(19-5-3-6-19)26-12-4-11-25(13-14-26)15-18-7-9-20(27)10-8-18/h7-10,16-17,19,24,27H,3-6,11-15H2,1-2H3/b22-21+,24-23?. The van der Waals surface area contributed by atoms with Gasteiger partial charge in [0.05, 0.1) is 5.04 Å². The summed E-state index contributed by atoms with van der Waals surface area (Å²) in [7, 11) is 0. The maximum absolute atomic E-state index is 9.51. The minimum atomic E-state index is 0.336. The molecule has 3 aliphatic rings. The summed E-state index contributed by atoms with van der Waals surface area (Å²) in [6.07, 6.45) is 5.11. The summed E-state index contributed by atoms with van der Waals surface area (Å²) in [5.41, 5.74) is 4.14. The molecule has 28 heavy (non-hydrogen) atoms. The number of hydrogen-bond donors (Lipinski definition) is 2. The van der Waals surface area contributed by atoms with Crippen LogP contribution in [0, 0.1) is 17.2 Å². The van der Waals surface area contributed by atoms with Gasteiger partial charge in [0.2, 0.25) is 0 Å². The second kappa shape index (κ2) is 8.50. The van der Waals surface area contributed by atoms with Crippen molar-refractivity contribution < 1.29 is 5.11 Å². The van der Waals surface area contributed by atoms with Gasteiger partial charge < -0.3 is 10.0 Å². The van der Waals surface area contributed by atoms with Crippen LogP contribution in [0.15, 0.2) is 35.5 Å². The first-order valence-electron chi connectivity index (χ1n) is 10.8. The summed E-state index contributed by atoms with van der Waals surface area (Å²) in [4.78, 5) is 5.18. The number of nitrogens with one attached hydrogen (secondary N) is 1. The normalized spacial score (nSPS) is 28.9. The summed E-state index contributed by atoms with van der Waals surface area (Å²) >= 11 is 1.76. The summed E-state index contributed by atoms with van der Waals surface area (Å²) < 4.78 is 0. The maximum Gasteiger partial charge on any atom is 0.115 e. The Morgan fingerprint density at radius 1 is 1.07 bits per heavy atom. The molecule has 0 amide bonds. The molecule has 0 radical (unpaired) electrons. The van der Waals surface area contributed by atoms with Gasteiger partial charge in [-0.1, -0.05) is 32.4 Å². The van der Waals surface area contributed by atoms with Crippen LogP contribution in [0.2, 0.25) is 0 Å². The highest BCUT2D eigenvalue weighted by Crippen LogP contribution is 2.45. The van der Waals surface area contributed by atoms with Gasteiger partial charge in [0.15, 0.2) is 0 Å². The molecule has 3 fully saturated rings. The number of thioether (sulfide) groups is 1. The number of benzene rings is 1. The number of allylic oxidation sites excluding steroid dienone is 1. The van der Waals surface area contributed by atoms with Gasteiger partial charge in [-0.15, -0.1) is 11.8 Å². The largest absolute Gasteiger partial charge is 0.508 e. The Labute approximate surface area is 173 Å². The summed E-state index contributed by atoms with van der Waals surface area (Å²) in [6.45, 7) is 9.90. The van der Waals surface area contributed by atoms with Gasteiger partial charge in [-0.25, -0.2) is 0 Å². The van der Waals surface area contributed by atoms with E-state index in [2.05, 4.69) is 23.6 Å². The molecule has 1 aromatic carbocycles. The average molecular weight is 400 g/mol. The van der Waals surface area contributed by atoms with E-state index >= 15 is 0 Å². The van der Waals surface area contributed by atoms with Crippen molar-refractivity contribution in [3.05, 3.63) is 41.1 Å². The number of hydrogen-bond acceptors (Lipinski definition) is 5. The van der Waals surface area contributed by atoms with E-state index in [4.69, 9.17) is 5.41 Å². The van der Waals surface area contributed by atoms with E-state index in [1.54, 1.807) is 23.9 Å². The van der Waals surface area contributed by atoms with Crippen molar-refractivity contribution in [3.8, 4) is 5.75 Å². The molecule has 5 heteroatoms. The van der Waals surface area contributed by atoms with E-state index in [9.17, 15) is 5.11 Å². The predicted molar refractivity (Wildman–Crippen MR) is 118 cm³/mol. The Balaban J connectivity index is 1.50. The molecule has 4 rings (SSSR count). The van der Waals surface area contributed by atoms with E-state index in [1.165, 1.54) is 42.5 Å². The van der Waals surface area contributed by atoms with E-state index in [0.717, 1.165) is 37.8 Å². The third kappa shape index (κ3) is 4.11. The Kier molecular flexibility index (Phi) is 6.02. The fourth-order valence-corrected chi connectivity index (χ4v) is 5.83. The molecule has 2 atom stereocenters. The summed E-state index contributed by atoms with van der Waals surface area (Å²) in [6, 6.07) is 7.62. The van der Waals surface area contributed by atoms with Crippen molar-refractivity contribution in [2.24, 2.45) is 11.8 Å². The lowest BCUT2D eigenvalue weighted by molar-refractivity contribution is 0.233. The van der Waals surface area contributed by atoms with E-state index < -0.39 is 0 Å². The molecule has 0 bridgehead atoms. The van der Waals surface area contributed by atoms with Crippen molar-refractivity contribution in [3.63, 3.8) is 0 Å². The van der Waals surface area contributed by atoms with Crippen molar-refractivity contribution in [1.29, 1.82) is 5.41 Å². The molecule has 152 valence electrons. The molecular weight excluding hydrogens is 366 g/mol. The molecule has 4 nitrogen and oxygen atoms in total. The van der Waals surface area contributed by atoms with Gasteiger partial charge in [-0.3, -0.25) is 10.3 Å². The van der Waals surface area contributed by atoms with Gasteiger partial charge in [-0.05, 0) is 48.8 Å². The molecule has 0 spiro atoms. The van der Waals surface area contributed by atoms with Crippen LogP contribution < -0.4 is 0 Å². The van der Waals surface area contributed by atoms with Gasteiger partial charge >= 0.3 is 0 Å². The van der Waals surface area contributed by atoms with Crippen LogP contribution in [-0.2, 0) is 6.54 Å². The Hall–Kier alpha value is -1.46. The van der Waals surface area contributed by atoms with Crippen LogP contribution in [-0.4, -0.2) is 51.4 Å². The molecule has 1 aliphatic carbocycles. The fraction of sp³-hybridized carbons (Fsp3) is 0.609. The highest BCUT2D eigenvalue weighted by Gasteiger charge is 2.38. The first kappa shape index (κ1) is 19.8. The molecule has 0 aromatic heterocycles. The first-order chi connectivity index (χ1) is 13.5. The highest BCUT2D eigenvalue weighted by atomic mass is 32.2.